The van der Waals surface area contributed by atoms with Gasteiger partial charge in [-0.3, -0.25) is 9.78 Å². The Hall–Kier alpha value is -0.940. The Bertz CT molecular complexity index is 247. The summed E-state index contributed by atoms with van der Waals surface area (Å²) in [5.41, 5.74) is 6.74. The predicted molar refractivity (Wildman–Crippen MR) is 47.7 cm³/mol. The fourth-order valence-corrected chi connectivity index (χ4v) is 1.45. The molecule has 1 amide bonds. The first-order valence-corrected chi connectivity index (χ1v) is 4.48. The second-order valence-electron chi connectivity index (χ2n) is 2.47. The molecule has 1 aromatic rings. The summed E-state index contributed by atoms with van der Waals surface area (Å²) in [6, 6.07) is 0.144. The number of nitrogens with one attached hydrogen (secondary N) is 1. The molecule has 1 heterocycles. The smallest absolute Gasteiger partial charge is 0.231 e. The third-order valence-electron chi connectivity index (χ3n) is 1.46. The van der Waals surface area contributed by atoms with Crippen molar-refractivity contribution < 1.29 is 4.79 Å². The second-order valence-corrected chi connectivity index (χ2v) is 3.39. The lowest BCUT2D eigenvalue weighted by molar-refractivity contribution is -0.117. The first kappa shape index (κ1) is 9.15. The highest BCUT2D eigenvalue weighted by molar-refractivity contribution is 7.09. The molecular weight excluding hydrogens is 174 g/mol. The van der Waals surface area contributed by atoms with Gasteiger partial charge in [-0.2, -0.15) is 0 Å². The maximum absolute atomic E-state index is 10.4. The molecule has 4 nitrogen and oxygen atoms in total. The molecule has 0 aliphatic heterocycles. The van der Waals surface area contributed by atoms with Gasteiger partial charge in [0.15, 0.2) is 0 Å². The lowest BCUT2D eigenvalue weighted by Gasteiger charge is -2.08. The third-order valence-corrected chi connectivity index (χ3v) is 2.42. The van der Waals surface area contributed by atoms with Gasteiger partial charge in [-0.05, 0) is 6.92 Å². The highest BCUT2D eigenvalue weighted by Crippen LogP contribution is 2.15. The molecule has 66 valence electrons. The molecule has 0 aliphatic rings. The van der Waals surface area contributed by atoms with Crippen LogP contribution in [-0.4, -0.2) is 17.4 Å². The Balaban J connectivity index is 2.39. The molecule has 0 aromatic carbocycles. The zero-order chi connectivity index (χ0) is 8.97. The van der Waals surface area contributed by atoms with Crippen LogP contribution in [0.2, 0.25) is 0 Å². The van der Waals surface area contributed by atoms with E-state index in [1.807, 2.05) is 6.92 Å². The number of carbonyl (C=O) groups excluding carboxylic acids is 1. The van der Waals surface area contributed by atoms with E-state index < -0.39 is 0 Å². The van der Waals surface area contributed by atoms with Crippen molar-refractivity contribution in [2.24, 2.45) is 5.73 Å². The Kier molecular flexibility index (Phi) is 3.19. The molecule has 12 heavy (non-hydrogen) atoms. The van der Waals surface area contributed by atoms with Crippen LogP contribution in [0.1, 0.15) is 17.8 Å². The molecule has 1 unspecified atom stereocenters. The molecule has 0 aliphatic carbocycles. The summed E-state index contributed by atoms with van der Waals surface area (Å²) >= 11 is 1.56. The van der Waals surface area contributed by atoms with E-state index in [4.69, 9.17) is 5.73 Å². The van der Waals surface area contributed by atoms with Gasteiger partial charge in [-0.25, -0.2) is 0 Å². The minimum Gasteiger partial charge on any atom is -0.369 e. The van der Waals surface area contributed by atoms with Gasteiger partial charge >= 0.3 is 0 Å². The van der Waals surface area contributed by atoms with E-state index in [2.05, 4.69) is 10.3 Å². The minimum absolute atomic E-state index is 0.144. The number of primary amides is 1. The predicted octanol–water partition coefficient (Wildman–Crippen LogP) is 0.279. The molecule has 0 spiro atoms. The number of hydrogen-bond donors (Lipinski definition) is 2. The summed E-state index contributed by atoms with van der Waals surface area (Å²) in [4.78, 5) is 15.5. The van der Waals surface area contributed by atoms with Crippen molar-refractivity contribution in [3.05, 3.63) is 16.6 Å². The van der Waals surface area contributed by atoms with Crippen LogP contribution in [0.3, 0.4) is 0 Å². The number of amides is 1. The second kappa shape index (κ2) is 4.18. The van der Waals surface area contributed by atoms with Crippen LogP contribution in [0, 0.1) is 0 Å². The van der Waals surface area contributed by atoms with Crippen molar-refractivity contribution in [3.8, 4) is 0 Å². The van der Waals surface area contributed by atoms with E-state index in [9.17, 15) is 4.79 Å². The fraction of sp³-hybridized carbons (Fsp3) is 0.429. The van der Waals surface area contributed by atoms with Gasteiger partial charge in [-0.1, -0.05) is 0 Å². The highest BCUT2D eigenvalue weighted by atomic mass is 32.1. The maximum atomic E-state index is 10.4. The third kappa shape index (κ3) is 2.60. The average Bonchev–Trinajstić information content (AvgIpc) is 2.51. The van der Waals surface area contributed by atoms with Crippen LogP contribution < -0.4 is 11.1 Å². The zero-order valence-corrected chi connectivity index (χ0v) is 7.60. The van der Waals surface area contributed by atoms with Gasteiger partial charge in [0.1, 0.15) is 0 Å². The van der Waals surface area contributed by atoms with E-state index >= 15 is 0 Å². The molecule has 0 bridgehead atoms. The van der Waals surface area contributed by atoms with Crippen molar-refractivity contribution in [3.63, 3.8) is 0 Å². The highest BCUT2D eigenvalue weighted by Gasteiger charge is 2.06. The van der Waals surface area contributed by atoms with Gasteiger partial charge < -0.3 is 11.1 Å². The van der Waals surface area contributed by atoms with Gasteiger partial charge in [-0.15, -0.1) is 11.3 Å². The zero-order valence-electron chi connectivity index (χ0n) is 6.78. The summed E-state index contributed by atoms with van der Waals surface area (Å²) in [6.07, 6.45) is 1.78. The molecule has 1 rings (SSSR count). The number of nitrogens with two attached hydrogens (primary N) is 1. The average molecular weight is 185 g/mol. The van der Waals surface area contributed by atoms with E-state index in [-0.39, 0.29) is 18.5 Å². The monoisotopic (exact) mass is 185 g/mol. The molecule has 5 heteroatoms. The molecule has 1 aromatic heterocycles. The first-order chi connectivity index (χ1) is 5.70. The lowest BCUT2D eigenvalue weighted by atomic mass is 10.3. The van der Waals surface area contributed by atoms with Crippen LogP contribution in [0.25, 0.3) is 0 Å². The molecule has 3 N–H and O–H groups in total. The normalized spacial score (nSPS) is 12.8. The van der Waals surface area contributed by atoms with Crippen molar-refractivity contribution in [1.82, 2.24) is 10.3 Å². The van der Waals surface area contributed by atoms with Crippen LogP contribution >= 0.6 is 11.3 Å². The SMILES string of the molecule is CC(NCC(N)=O)c1cncs1. The lowest BCUT2D eigenvalue weighted by Crippen LogP contribution is -2.30. The first-order valence-electron chi connectivity index (χ1n) is 3.60. The van der Waals surface area contributed by atoms with Crippen molar-refractivity contribution in [2.45, 2.75) is 13.0 Å². The molecule has 0 saturated heterocycles. The minimum atomic E-state index is -0.341. The van der Waals surface area contributed by atoms with Crippen LogP contribution in [-0.2, 0) is 4.79 Å². The Morgan fingerprint density at radius 1 is 1.92 bits per heavy atom. The van der Waals surface area contributed by atoms with Gasteiger partial charge in [0.2, 0.25) is 5.91 Å². The number of nitrogens with zero attached hydrogens (tertiary/aromatic N) is 1. The molecule has 0 saturated carbocycles. The number of rotatable bonds is 4. The van der Waals surface area contributed by atoms with Crippen molar-refractivity contribution in [2.75, 3.05) is 6.54 Å². The molecule has 0 fully saturated rings. The fourth-order valence-electron chi connectivity index (χ4n) is 0.794. The van der Waals surface area contributed by atoms with Crippen LogP contribution in [0.4, 0.5) is 0 Å². The number of carbonyl (C=O) groups is 1. The molecule has 0 radical (unpaired) electrons. The number of thiazole rings is 1. The summed E-state index contributed by atoms with van der Waals surface area (Å²) in [7, 11) is 0. The molecular formula is C7H11N3OS. The Morgan fingerprint density at radius 3 is 3.17 bits per heavy atom. The van der Waals surface area contributed by atoms with Crippen molar-refractivity contribution in [1.29, 1.82) is 0 Å². The summed E-state index contributed by atoms with van der Waals surface area (Å²) in [6.45, 7) is 2.18. The quantitative estimate of drug-likeness (QED) is 0.708. The van der Waals surface area contributed by atoms with Gasteiger partial charge in [0.25, 0.3) is 0 Å². The van der Waals surface area contributed by atoms with E-state index in [1.165, 1.54) is 0 Å². The van der Waals surface area contributed by atoms with Crippen molar-refractivity contribution >= 4 is 17.2 Å². The molecule has 1 atom stereocenters. The van der Waals surface area contributed by atoms with Crippen LogP contribution in [0.15, 0.2) is 11.7 Å². The Labute approximate surface area is 74.8 Å². The van der Waals surface area contributed by atoms with Crippen LogP contribution in [0.5, 0.6) is 0 Å². The van der Waals surface area contributed by atoms with E-state index in [1.54, 1.807) is 23.0 Å². The maximum Gasteiger partial charge on any atom is 0.231 e. The van der Waals surface area contributed by atoms with Gasteiger partial charge in [0.05, 0.1) is 12.1 Å². The summed E-state index contributed by atoms with van der Waals surface area (Å²) in [5, 5.41) is 2.98. The number of aromatic nitrogens is 1. The Morgan fingerprint density at radius 2 is 2.67 bits per heavy atom. The summed E-state index contributed by atoms with van der Waals surface area (Å²) in [5.74, 6) is -0.341. The largest absolute Gasteiger partial charge is 0.369 e. The van der Waals surface area contributed by atoms with E-state index in [0.717, 1.165) is 4.88 Å². The van der Waals surface area contributed by atoms with E-state index in [0.29, 0.717) is 0 Å². The van der Waals surface area contributed by atoms with Gasteiger partial charge in [0, 0.05) is 17.1 Å². The summed E-state index contributed by atoms with van der Waals surface area (Å²) < 4.78 is 0. The number of hydrogen-bond acceptors (Lipinski definition) is 4. The topological polar surface area (TPSA) is 68.0 Å². The standard InChI is InChI=1S/C7H11N3OS/c1-5(10-3-7(8)11)6-2-9-4-12-6/h2,4-5,10H,3H2,1H3,(H2,8,11).